The fourth-order valence-corrected chi connectivity index (χ4v) is 2.23. The van der Waals surface area contributed by atoms with Crippen molar-refractivity contribution in [2.45, 2.75) is 52.8 Å². The Bertz CT molecular complexity index is 484. The molecule has 0 radical (unpaired) electrons. The zero-order chi connectivity index (χ0) is 16.0. The van der Waals surface area contributed by atoms with E-state index >= 15 is 0 Å². The minimum Gasteiger partial charge on any atom is -0.479 e. The van der Waals surface area contributed by atoms with Gasteiger partial charge in [0.15, 0.2) is 6.10 Å². The number of carbonyl (C=O) groups excluding carboxylic acids is 1. The second kappa shape index (κ2) is 7.80. The van der Waals surface area contributed by atoms with Crippen molar-refractivity contribution in [3.8, 4) is 5.75 Å². The minimum atomic E-state index is -0.531. The minimum absolute atomic E-state index is 0.0186. The van der Waals surface area contributed by atoms with Gasteiger partial charge in [-0.1, -0.05) is 12.1 Å². The molecule has 1 unspecified atom stereocenters. The maximum absolute atomic E-state index is 11.8. The highest BCUT2D eigenvalue weighted by atomic mass is 79.9. The van der Waals surface area contributed by atoms with E-state index in [9.17, 15) is 4.79 Å². The van der Waals surface area contributed by atoms with E-state index in [4.69, 9.17) is 4.74 Å². The molecule has 21 heavy (non-hydrogen) atoms. The average Bonchev–Trinajstić information content (AvgIpc) is 2.38. The van der Waals surface area contributed by atoms with Crippen molar-refractivity contribution in [2.24, 2.45) is 0 Å². The van der Waals surface area contributed by atoms with Gasteiger partial charge in [-0.3, -0.25) is 4.79 Å². The number of nitrogens with one attached hydrogen (secondary N) is 2. The van der Waals surface area contributed by atoms with Crippen LogP contribution in [0.2, 0.25) is 0 Å². The summed E-state index contributed by atoms with van der Waals surface area (Å²) in [5.41, 5.74) is 1.04. The van der Waals surface area contributed by atoms with Crippen molar-refractivity contribution in [3.63, 3.8) is 0 Å². The maximum Gasteiger partial charge on any atom is 0.260 e. The highest BCUT2D eigenvalue weighted by molar-refractivity contribution is 9.10. The van der Waals surface area contributed by atoms with Crippen LogP contribution in [-0.2, 0) is 11.3 Å². The zero-order valence-electron chi connectivity index (χ0n) is 13.4. The number of para-hydroxylation sites is 1. The van der Waals surface area contributed by atoms with Crippen LogP contribution in [0.15, 0.2) is 22.7 Å². The fraction of sp³-hybridized carbons (Fsp3) is 0.562. The molecule has 0 aromatic heterocycles. The van der Waals surface area contributed by atoms with Gasteiger partial charge in [0.2, 0.25) is 0 Å². The van der Waals surface area contributed by atoms with Gasteiger partial charge in [0, 0.05) is 24.2 Å². The van der Waals surface area contributed by atoms with Crippen LogP contribution in [-0.4, -0.2) is 24.1 Å². The third-order valence-corrected chi connectivity index (χ3v) is 3.50. The van der Waals surface area contributed by atoms with Crippen molar-refractivity contribution < 1.29 is 9.53 Å². The summed E-state index contributed by atoms with van der Waals surface area (Å²) < 4.78 is 6.71. The molecule has 0 aliphatic carbocycles. The lowest BCUT2D eigenvalue weighted by atomic mass is 10.1. The van der Waals surface area contributed by atoms with E-state index in [2.05, 4.69) is 47.3 Å². The van der Waals surface area contributed by atoms with Gasteiger partial charge in [0.1, 0.15) is 5.75 Å². The molecule has 1 aromatic carbocycles. The Morgan fingerprint density at radius 2 is 2.05 bits per heavy atom. The van der Waals surface area contributed by atoms with E-state index in [1.165, 1.54) is 0 Å². The number of likely N-dealkylation sites (N-methyl/N-ethyl adjacent to an activating group) is 1. The molecule has 0 fully saturated rings. The molecule has 5 heteroatoms. The van der Waals surface area contributed by atoms with Crippen LogP contribution in [0.5, 0.6) is 5.75 Å². The first kappa shape index (κ1) is 18.0. The number of ether oxygens (including phenoxy) is 1. The van der Waals surface area contributed by atoms with Crippen LogP contribution in [0.25, 0.3) is 0 Å². The van der Waals surface area contributed by atoms with Gasteiger partial charge in [0.25, 0.3) is 5.91 Å². The third kappa shape index (κ3) is 6.06. The van der Waals surface area contributed by atoms with E-state index < -0.39 is 6.10 Å². The van der Waals surface area contributed by atoms with Crippen LogP contribution in [0.1, 0.15) is 40.2 Å². The topological polar surface area (TPSA) is 50.4 Å². The lowest BCUT2D eigenvalue weighted by Crippen LogP contribution is -2.37. The number of halogens is 1. The van der Waals surface area contributed by atoms with Crippen molar-refractivity contribution in [2.75, 3.05) is 6.54 Å². The number of rotatable bonds is 6. The molecule has 0 bridgehead atoms. The molecule has 0 aliphatic heterocycles. The molecule has 2 N–H and O–H groups in total. The number of benzene rings is 1. The summed E-state index contributed by atoms with van der Waals surface area (Å²) in [5, 5.41) is 6.20. The van der Waals surface area contributed by atoms with Gasteiger partial charge in [-0.15, -0.1) is 0 Å². The average molecular weight is 357 g/mol. The van der Waals surface area contributed by atoms with E-state index in [0.717, 1.165) is 10.0 Å². The molecule has 0 saturated carbocycles. The van der Waals surface area contributed by atoms with Gasteiger partial charge >= 0.3 is 0 Å². The van der Waals surface area contributed by atoms with Gasteiger partial charge in [-0.2, -0.15) is 0 Å². The molecular weight excluding hydrogens is 332 g/mol. The monoisotopic (exact) mass is 356 g/mol. The Hall–Kier alpha value is -1.07. The van der Waals surface area contributed by atoms with Crippen LogP contribution in [0.3, 0.4) is 0 Å². The molecule has 1 rings (SSSR count). The van der Waals surface area contributed by atoms with Crippen LogP contribution < -0.4 is 15.4 Å². The zero-order valence-corrected chi connectivity index (χ0v) is 15.0. The summed E-state index contributed by atoms with van der Waals surface area (Å²) in [6.07, 6.45) is -0.531. The summed E-state index contributed by atoms with van der Waals surface area (Å²) in [7, 11) is 0. The Balaban J connectivity index is 2.87. The second-order valence-corrected chi connectivity index (χ2v) is 6.84. The second-order valence-electron chi connectivity index (χ2n) is 5.99. The lowest BCUT2D eigenvalue weighted by molar-refractivity contribution is -0.127. The molecule has 0 heterocycles. The SMILES string of the molecule is CCNC(=O)C(C)Oc1c(Br)cccc1CNC(C)(C)C. The Labute approximate surface area is 135 Å². The molecule has 0 aliphatic rings. The van der Waals surface area contributed by atoms with E-state index in [1.807, 2.05) is 25.1 Å². The summed E-state index contributed by atoms with van der Waals surface area (Å²) in [6, 6.07) is 5.89. The van der Waals surface area contributed by atoms with Crippen LogP contribution in [0.4, 0.5) is 0 Å². The van der Waals surface area contributed by atoms with Crippen molar-refractivity contribution >= 4 is 21.8 Å². The summed E-state index contributed by atoms with van der Waals surface area (Å²) >= 11 is 3.50. The lowest BCUT2D eigenvalue weighted by Gasteiger charge is -2.23. The maximum atomic E-state index is 11.8. The van der Waals surface area contributed by atoms with Crippen molar-refractivity contribution in [1.82, 2.24) is 10.6 Å². The van der Waals surface area contributed by atoms with E-state index in [-0.39, 0.29) is 11.4 Å². The van der Waals surface area contributed by atoms with Gasteiger partial charge in [-0.05, 0) is 56.6 Å². The molecule has 1 aromatic rings. The predicted molar refractivity (Wildman–Crippen MR) is 89.5 cm³/mol. The standard InChI is InChI=1S/C16H25BrN2O2/c1-6-18-15(20)11(2)21-14-12(8-7-9-13(14)17)10-19-16(3,4)5/h7-9,11,19H,6,10H2,1-5H3,(H,18,20). The fourth-order valence-electron chi connectivity index (χ4n) is 1.73. The smallest absolute Gasteiger partial charge is 0.260 e. The number of carbonyl (C=O) groups is 1. The molecule has 0 saturated heterocycles. The third-order valence-electron chi connectivity index (χ3n) is 2.87. The van der Waals surface area contributed by atoms with Crippen LogP contribution >= 0.6 is 15.9 Å². The molecule has 4 nitrogen and oxygen atoms in total. The molecule has 0 spiro atoms. The normalized spacial score (nSPS) is 12.9. The van der Waals surface area contributed by atoms with E-state index in [1.54, 1.807) is 6.92 Å². The number of hydrogen-bond acceptors (Lipinski definition) is 3. The quantitative estimate of drug-likeness (QED) is 0.822. The molecule has 118 valence electrons. The van der Waals surface area contributed by atoms with Gasteiger partial charge in [0.05, 0.1) is 4.47 Å². The van der Waals surface area contributed by atoms with Crippen LogP contribution in [0, 0.1) is 0 Å². The molecule has 1 atom stereocenters. The Morgan fingerprint density at radius 1 is 1.38 bits per heavy atom. The highest BCUT2D eigenvalue weighted by Crippen LogP contribution is 2.30. The van der Waals surface area contributed by atoms with Gasteiger partial charge in [-0.25, -0.2) is 0 Å². The number of hydrogen-bond donors (Lipinski definition) is 2. The Kier molecular flexibility index (Phi) is 6.68. The van der Waals surface area contributed by atoms with Crippen molar-refractivity contribution in [1.29, 1.82) is 0 Å². The van der Waals surface area contributed by atoms with Gasteiger partial charge < -0.3 is 15.4 Å². The molecular formula is C16H25BrN2O2. The molecule has 1 amide bonds. The first-order chi connectivity index (χ1) is 9.74. The summed E-state index contributed by atoms with van der Waals surface area (Å²) in [6.45, 7) is 11.3. The summed E-state index contributed by atoms with van der Waals surface area (Å²) in [4.78, 5) is 11.8. The first-order valence-electron chi connectivity index (χ1n) is 7.21. The van der Waals surface area contributed by atoms with E-state index in [0.29, 0.717) is 18.8 Å². The Morgan fingerprint density at radius 3 is 2.62 bits per heavy atom. The van der Waals surface area contributed by atoms with Crippen molar-refractivity contribution in [3.05, 3.63) is 28.2 Å². The summed E-state index contributed by atoms with van der Waals surface area (Å²) in [5.74, 6) is 0.607. The largest absolute Gasteiger partial charge is 0.479 e. The highest BCUT2D eigenvalue weighted by Gasteiger charge is 2.18. The predicted octanol–water partition coefficient (Wildman–Crippen LogP) is 3.24. The number of amides is 1. The first-order valence-corrected chi connectivity index (χ1v) is 8.00.